The van der Waals surface area contributed by atoms with Gasteiger partial charge in [-0.15, -0.1) is 0 Å². The lowest BCUT2D eigenvalue weighted by Gasteiger charge is -2.17. The van der Waals surface area contributed by atoms with Crippen molar-refractivity contribution in [2.75, 3.05) is 5.75 Å². The third-order valence-electron chi connectivity index (χ3n) is 3.07. The van der Waals surface area contributed by atoms with E-state index >= 15 is 0 Å². The molecule has 0 saturated carbocycles. The molecule has 0 spiro atoms. The molecular weight excluding hydrogens is 290 g/mol. The monoisotopic (exact) mass is 307 g/mol. The van der Waals surface area contributed by atoms with Crippen LogP contribution in [0.15, 0.2) is 24.3 Å². The Balaban J connectivity index is 2.53. The smallest absolute Gasteiger partial charge is 0.240 e. The summed E-state index contributed by atoms with van der Waals surface area (Å²) >= 11 is 0. The van der Waals surface area contributed by atoms with Crippen molar-refractivity contribution < 1.29 is 13.5 Å². The summed E-state index contributed by atoms with van der Waals surface area (Å²) in [5.74, 6) is -0.00982. The van der Waals surface area contributed by atoms with Crippen LogP contribution in [-0.2, 0) is 16.4 Å². The first kappa shape index (κ1) is 15.5. The maximum Gasteiger partial charge on any atom is 0.240 e. The van der Waals surface area contributed by atoms with Crippen molar-refractivity contribution in [2.24, 2.45) is 0 Å². The molecule has 0 saturated heterocycles. The van der Waals surface area contributed by atoms with Gasteiger partial charge in [-0.05, 0) is 32.4 Å². The van der Waals surface area contributed by atoms with Crippen LogP contribution in [0.5, 0.6) is 0 Å². The number of rotatable bonds is 5. The molecule has 0 amide bonds. The SMILES string of the molecule is CC(C)(O)CCS(=O)(=O)n1c(CC#N)nc2ccccc21. The Morgan fingerprint density at radius 1 is 1.38 bits per heavy atom. The fraction of sp³-hybridized carbons (Fsp3) is 0.429. The second kappa shape index (κ2) is 5.47. The van der Waals surface area contributed by atoms with Crippen LogP contribution < -0.4 is 0 Å². The lowest BCUT2D eigenvalue weighted by molar-refractivity contribution is 0.0771. The van der Waals surface area contributed by atoms with Crippen LogP contribution in [0, 0.1) is 11.3 Å². The molecule has 2 aromatic rings. The minimum Gasteiger partial charge on any atom is -0.390 e. The Bertz CT molecular complexity index is 795. The molecule has 21 heavy (non-hydrogen) atoms. The number of aromatic nitrogens is 2. The molecule has 1 aromatic heterocycles. The van der Waals surface area contributed by atoms with Crippen molar-refractivity contribution in [1.82, 2.24) is 8.96 Å². The van der Waals surface area contributed by atoms with Gasteiger partial charge in [0, 0.05) is 0 Å². The third kappa shape index (κ3) is 3.40. The Hall–Kier alpha value is -1.91. The molecule has 0 radical (unpaired) electrons. The van der Waals surface area contributed by atoms with Crippen LogP contribution in [0.1, 0.15) is 26.1 Å². The number of imidazole rings is 1. The molecule has 0 aliphatic rings. The summed E-state index contributed by atoms with van der Waals surface area (Å²) in [7, 11) is -3.69. The lowest BCUT2D eigenvalue weighted by atomic mass is 10.1. The summed E-state index contributed by atoms with van der Waals surface area (Å²) in [4.78, 5) is 4.21. The van der Waals surface area contributed by atoms with E-state index in [2.05, 4.69) is 4.98 Å². The predicted octanol–water partition coefficient (Wildman–Crippen LogP) is 1.44. The molecule has 1 aromatic carbocycles. The van der Waals surface area contributed by atoms with Gasteiger partial charge in [-0.25, -0.2) is 17.4 Å². The highest BCUT2D eigenvalue weighted by molar-refractivity contribution is 7.90. The predicted molar refractivity (Wildman–Crippen MR) is 79.1 cm³/mol. The van der Waals surface area contributed by atoms with Gasteiger partial charge in [-0.3, -0.25) is 0 Å². The molecule has 0 bridgehead atoms. The van der Waals surface area contributed by atoms with Crippen molar-refractivity contribution in [3.05, 3.63) is 30.1 Å². The largest absolute Gasteiger partial charge is 0.390 e. The highest BCUT2D eigenvalue weighted by Crippen LogP contribution is 2.21. The minimum atomic E-state index is -3.69. The van der Waals surface area contributed by atoms with Gasteiger partial charge >= 0.3 is 0 Å². The topological polar surface area (TPSA) is 96.0 Å². The van der Waals surface area contributed by atoms with Gasteiger partial charge < -0.3 is 5.11 Å². The Labute approximate surface area is 123 Å². The Kier molecular flexibility index (Phi) is 4.03. The van der Waals surface area contributed by atoms with Crippen LogP contribution in [-0.4, -0.2) is 33.8 Å². The molecule has 112 valence electrons. The highest BCUT2D eigenvalue weighted by atomic mass is 32.2. The minimum absolute atomic E-state index is 0.0869. The zero-order valence-electron chi connectivity index (χ0n) is 11.9. The van der Waals surface area contributed by atoms with Crippen LogP contribution in [0.4, 0.5) is 0 Å². The average Bonchev–Trinajstić information content (AvgIpc) is 2.75. The van der Waals surface area contributed by atoms with E-state index in [1.165, 1.54) is 0 Å². The van der Waals surface area contributed by atoms with Gasteiger partial charge in [0.2, 0.25) is 10.0 Å². The summed E-state index contributed by atoms with van der Waals surface area (Å²) in [5.41, 5.74) is -0.0770. The number of benzene rings is 1. The number of nitriles is 1. The van der Waals surface area contributed by atoms with Gasteiger partial charge in [-0.2, -0.15) is 5.26 Å². The first-order chi connectivity index (χ1) is 9.74. The standard InChI is InChI=1S/C14H17N3O3S/c1-14(2,18)8-10-21(19,20)17-12-6-4-3-5-11(12)16-13(17)7-9-15/h3-6,18H,7-8,10H2,1-2H3. The molecule has 0 fully saturated rings. The number of nitrogens with zero attached hydrogens (tertiary/aromatic N) is 3. The fourth-order valence-electron chi connectivity index (χ4n) is 2.02. The summed E-state index contributed by atoms with van der Waals surface area (Å²) in [6.45, 7) is 3.12. The molecule has 2 rings (SSSR count). The third-order valence-corrected chi connectivity index (χ3v) is 4.76. The van der Waals surface area contributed by atoms with E-state index in [4.69, 9.17) is 5.26 Å². The van der Waals surface area contributed by atoms with E-state index in [0.717, 1.165) is 3.97 Å². The summed E-state index contributed by atoms with van der Waals surface area (Å²) < 4.78 is 26.2. The second-order valence-corrected chi connectivity index (χ2v) is 7.43. The Morgan fingerprint density at radius 3 is 2.67 bits per heavy atom. The number of hydrogen-bond donors (Lipinski definition) is 1. The second-order valence-electron chi connectivity index (χ2n) is 5.49. The first-order valence-corrected chi connectivity index (χ1v) is 8.14. The van der Waals surface area contributed by atoms with Crippen LogP contribution in [0.25, 0.3) is 11.0 Å². The number of para-hydroxylation sites is 2. The molecule has 1 heterocycles. The first-order valence-electron chi connectivity index (χ1n) is 6.53. The summed E-state index contributed by atoms with van der Waals surface area (Å²) in [6.07, 6.45) is 0.0181. The van der Waals surface area contributed by atoms with Crippen molar-refractivity contribution in [3.8, 4) is 6.07 Å². The molecule has 0 aliphatic heterocycles. The summed E-state index contributed by atoms with van der Waals surface area (Å²) in [5, 5.41) is 18.6. The maximum atomic E-state index is 12.6. The highest BCUT2D eigenvalue weighted by Gasteiger charge is 2.24. The normalized spacial score (nSPS) is 12.5. The van der Waals surface area contributed by atoms with Gasteiger partial charge in [0.25, 0.3) is 0 Å². The van der Waals surface area contributed by atoms with E-state index < -0.39 is 15.6 Å². The average molecular weight is 307 g/mol. The summed E-state index contributed by atoms with van der Waals surface area (Å²) in [6, 6.07) is 8.78. The van der Waals surface area contributed by atoms with Crippen LogP contribution >= 0.6 is 0 Å². The van der Waals surface area contributed by atoms with Gasteiger partial charge in [0.05, 0.1) is 34.9 Å². The quantitative estimate of drug-likeness (QED) is 0.901. The molecular formula is C14H17N3O3S. The zero-order valence-corrected chi connectivity index (χ0v) is 12.8. The van der Waals surface area contributed by atoms with Gasteiger partial charge in [-0.1, -0.05) is 12.1 Å². The van der Waals surface area contributed by atoms with Crippen LogP contribution in [0.3, 0.4) is 0 Å². The molecule has 1 N–H and O–H groups in total. The van der Waals surface area contributed by atoms with Crippen molar-refractivity contribution in [2.45, 2.75) is 32.3 Å². The molecule has 7 heteroatoms. The van der Waals surface area contributed by atoms with E-state index in [1.807, 2.05) is 6.07 Å². The van der Waals surface area contributed by atoms with Crippen molar-refractivity contribution in [3.63, 3.8) is 0 Å². The Morgan fingerprint density at radius 2 is 2.05 bits per heavy atom. The van der Waals surface area contributed by atoms with E-state index in [-0.39, 0.29) is 24.4 Å². The van der Waals surface area contributed by atoms with Gasteiger partial charge in [0.1, 0.15) is 5.82 Å². The number of hydrogen-bond acceptors (Lipinski definition) is 5. The molecule has 0 atom stereocenters. The van der Waals surface area contributed by atoms with E-state index in [1.54, 1.807) is 38.1 Å². The van der Waals surface area contributed by atoms with Crippen molar-refractivity contribution in [1.29, 1.82) is 5.26 Å². The number of aliphatic hydroxyl groups is 1. The maximum absolute atomic E-state index is 12.6. The van der Waals surface area contributed by atoms with Crippen LogP contribution in [0.2, 0.25) is 0 Å². The van der Waals surface area contributed by atoms with E-state index in [0.29, 0.717) is 11.0 Å². The van der Waals surface area contributed by atoms with Crippen molar-refractivity contribution >= 4 is 21.1 Å². The van der Waals surface area contributed by atoms with Gasteiger partial charge in [0.15, 0.2) is 0 Å². The lowest BCUT2D eigenvalue weighted by Crippen LogP contribution is -2.27. The molecule has 0 unspecified atom stereocenters. The zero-order chi connectivity index (χ0) is 15.7. The fourth-order valence-corrected chi connectivity index (χ4v) is 3.84. The van der Waals surface area contributed by atoms with E-state index in [9.17, 15) is 13.5 Å². The molecule has 0 aliphatic carbocycles. The number of fused-ring (bicyclic) bond motifs is 1. The molecule has 6 nitrogen and oxygen atoms in total.